The molecule has 0 spiro atoms. The van der Waals surface area contributed by atoms with Crippen LogP contribution in [0.15, 0.2) is 23.1 Å². The van der Waals surface area contributed by atoms with Gasteiger partial charge in [-0.05, 0) is 25.5 Å². The molecular weight excluding hydrogens is 272 g/mol. The highest BCUT2D eigenvalue weighted by atomic mass is 16.4. The Kier molecular flexibility index (Phi) is 3.34. The minimum Gasteiger partial charge on any atom is -0.477 e. The van der Waals surface area contributed by atoms with Crippen LogP contribution < -0.4 is 15.9 Å². The zero-order valence-corrected chi connectivity index (χ0v) is 11.7. The molecule has 1 aliphatic heterocycles. The van der Waals surface area contributed by atoms with Crippen molar-refractivity contribution in [1.82, 2.24) is 15.0 Å². The number of aromatic nitrogens is 2. The maximum atomic E-state index is 12.2. The van der Waals surface area contributed by atoms with Crippen molar-refractivity contribution < 1.29 is 9.90 Å². The molecule has 0 amide bonds. The van der Waals surface area contributed by atoms with Crippen molar-refractivity contribution in [2.75, 3.05) is 18.1 Å². The van der Waals surface area contributed by atoms with E-state index in [4.69, 9.17) is 5.11 Å². The predicted octanol–water partition coefficient (Wildman–Crippen LogP) is 0.829. The molecule has 2 N–H and O–H groups in total. The van der Waals surface area contributed by atoms with E-state index in [0.29, 0.717) is 17.6 Å². The standard InChI is InChI=1S/C14H16N4O3/c1-2-17-8-10(14(20)21)12(19)9-4-5-11(16-13(9)17)18-7-3-6-15-18/h4-5,8,15H,2-3,6-7H2,1H3,(H,20,21). The molecule has 21 heavy (non-hydrogen) atoms. The van der Waals surface area contributed by atoms with Crippen LogP contribution in [0.1, 0.15) is 23.7 Å². The Balaban J connectivity index is 2.23. The lowest BCUT2D eigenvalue weighted by Gasteiger charge is -2.18. The molecule has 3 rings (SSSR count). The third-order valence-electron chi connectivity index (χ3n) is 3.62. The Hall–Kier alpha value is -2.41. The van der Waals surface area contributed by atoms with Gasteiger partial charge in [-0.25, -0.2) is 15.2 Å². The van der Waals surface area contributed by atoms with E-state index in [9.17, 15) is 9.59 Å². The monoisotopic (exact) mass is 288 g/mol. The van der Waals surface area contributed by atoms with Gasteiger partial charge in [0.05, 0.1) is 5.39 Å². The quantitative estimate of drug-likeness (QED) is 0.870. The number of hydrogen-bond acceptors (Lipinski definition) is 5. The largest absolute Gasteiger partial charge is 0.477 e. The highest BCUT2D eigenvalue weighted by Gasteiger charge is 2.18. The minimum atomic E-state index is -1.21. The fourth-order valence-corrected chi connectivity index (χ4v) is 2.52. The number of carbonyl (C=O) groups is 1. The van der Waals surface area contributed by atoms with E-state index in [1.54, 1.807) is 16.7 Å². The molecule has 0 aliphatic carbocycles. The summed E-state index contributed by atoms with van der Waals surface area (Å²) < 4.78 is 1.69. The van der Waals surface area contributed by atoms with Crippen LogP contribution in [-0.4, -0.2) is 33.7 Å². The Bertz CT molecular complexity index is 763. The summed E-state index contributed by atoms with van der Waals surface area (Å²) in [6.07, 6.45) is 2.40. The number of anilines is 1. The Morgan fingerprint density at radius 3 is 2.90 bits per heavy atom. The first-order valence-corrected chi connectivity index (χ1v) is 6.90. The summed E-state index contributed by atoms with van der Waals surface area (Å²) in [5.41, 5.74) is 3.01. The van der Waals surface area contributed by atoms with Gasteiger partial charge in [-0.1, -0.05) is 0 Å². The fourth-order valence-electron chi connectivity index (χ4n) is 2.52. The maximum Gasteiger partial charge on any atom is 0.341 e. The normalized spacial score (nSPS) is 14.8. The molecule has 0 radical (unpaired) electrons. The van der Waals surface area contributed by atoms with Crippen LogP contribution >= 0.6 is 0 Å². The molecule has 1 aliphatic rings. The number of nitrogens with zero attached hydrogens (tertiary/aromatic N) is 3. The van der Waals surface area contributed by atoms with Crippen molar-refractivity contribution in [3.05, 3.63) is 34.1 Å². The van der Waals surface area contributed by atoms with Gasteiger partial charge in [-0.2, -0.15) is 0 Å². The molecule has 0 aromatic carbocycles. The molecule has 110 valence electrons. The van der Waals surface area contributed by atoms with Crippen molar-refractivity contribution in [3.8, 4) is 0 Å². The summed E-state index contributed by atoms with van der Waals surface area (Å²) in [6, 6.07) is 3.40. The van der Waals surface area contributed by atoms with Gasteiger partial charge < -0.3 is 9.67 Å². The predicted molar refractivity (Wildman–Crippen MR) is 78.6 cm³/mol. The van der Waals surface area contributed by atoms with E-state index >= 15 is 0 Å². The molecule has 2 aromatic rings. The number of nitrogens with one attached hydrogen (secondary N) is 1. The molecule has 0 bridgehead atoms. The summed E-state index contributed by atoms with van der Waals surface area (Å²) >= 11 is 0. The van der Waals surface area contributed by atoms with Crippen LogP contribution in [0.25, 0.3) is 11.0 Å². The number of hydrogen-bond donors (Lipinski definition) is 2. The zero-order chi connectivity index (χ0) is 15.0. The van der Waals surface area contributed by atoms with E-state index in [-0.39, 0.29) is 5.56 Å². The third kappa shape index (κ3) is 2.25. The third-order valence-corrected chi connectivity index (χ3v) is 3.62. The van der Waals surface area contributed by atoms with Gasteiger partial charge in [0.1, 0.15) is 17.0 Å². The van der Waals surface area contributed by atoms with E-state index in [0.717, 1.165) is 25.3 Å². The van der Waals surface area contributed by atoms with Gasteiger partial charge in [0, 0.05) is 25.8 Å². The number of aryl methyl sites for hydroxylation is 1. The maximum absolute atomic E-state index is 12.2. The second-order valence-electron chi connectivity index (χ2n) is 4.92. The summed E-state index contributed by atoms with van der Waals surface area (Å²) in [5, 5.41) is 11.4. The lowest BCUT2D eigenvalue weighted by molar-refractivity contribution is 0.0695. The topological polar surface area (TPSA) is 87.5 Å². The molecule has 0 saturated carbocycles. The fraction of sp³-hybridized carbons (Fsp3) is 0.357. The number of fused-ring (bicyclic) bond motifs is 1. The average Bonchev–Trinajstić information content (AvgIpc) is 3.01. The van der Waals surface area contributed by atoms with Crippen molar-refractivity contribution in [3.63, 3.8) is 0 Å². The minimum absolute atomic E-state index is 0.224. The van der Waals surface area contributed by atoms with Crippen LogP contribution in [0, 0.1) is 0 Å². The van der Waals surface area contributed by atoms with Gasteiger partial charge >= 0.3 is 5.97 Å². The molecule has 7 heteroatoms. The molecular formula is C14H16N4O3. The lowest BCUT2D eigenvalue weighted by atomic mass is 10.2. The summed E-state index contributed by atoms with van der Waals surface area (Å²) in [4.78, 5) is 27.9. The Labute approximate surface area is 120 Å². The molecule has 1 fully saturated rings. The molecule has 1 saturated heterocycles. The molecule has 0 atom stereocenters. The lowest BCUT2D eigenvalue weighted by Crippen LogP contribution is -2.31. The highest BCUT2D eigenvalue weighted by molar-refractivity contribution is 5.92. The SMILES string of the molecule is CCn1cc(C(=O)O)c(=O)c2ccc(N3CCCN3)nc21. The van der Waals surface area contributed by atoms with Gasteiger partial charge in [0.25, 0.3) is 0 Å². The van der Waals surface area contributed by atoms with E-state index in [1.807, 2.05) is 11.9 Å². The number of carboxylic acid groups (broad SMARTS) is 1. The Morgan fingerprint density at radius 2 is 2.29 bits per heavy atom. The van der Waals surface area contributed by atoms with Crippen molar-refractivity contribution in [2.45, 2.75) is 19.9 Å². The van der Waals surface area contributed by atoms with Crippen LogP contribution in [0.3, 0.4) is 0 Å². The van der Waals surface area contributed by atoms with Crippen molar-refractivity contribution >= 4 is 22.8 Å². The number of carboxylic acids is 1. The number of hydrazine groups is 1. The molecule has 0 unspecified atom stereocenters. The van der Waals surface area contributed by atoms with Crippen LogP contribution in [0.4, 0.5) is 5.82 Å². The first-order chi connectivity index (χ1) is 10.1. The summed E-state index contributed by atoms with van der Waals surface area (Å²) in [5.74, 6) is -0.473. The van der Waals surface area contributed by atoms with E-state index in [2.05, 4.69) is 10.4 Å². The van der Waals surface area contributed by atoms with Gasteiger partial charge in [0.2, 0.25) is 5.43 Å². The highest BCUT2D eigenvalue weighted by Crippen LogP contribution is 2.17. The first-order valence-electron chi connectivity index (χ1n) is 6.90. The molecule has 3 heterocycles. The molecule has 7 nitrogen and oxygen atoms in total. The van der Waals surface area contributed by atoms with Crippen LogP contribution in [0.2, 0.25) is 0 Å². The summed E-state index contributed by atoms with van der Waals surface area (Å²) in [7, 11) is 0. The second-order valence-corrected chi connectivity index (χ2v) is 4.92. The van der Waals surface area contributed by atoms with Crippen molar-refractivity contribution in [1.29, 1.82) is 0 Å². The second kappa shape index (κ2) is 5.17. The van der Waals surface area contributed by atoms with Crippen LogP contribution in [-0.2, 0) is 6.54 Å². The first kappa shape index (κ1) is 13.6. The Morgan fingerprint density at radius 1 is 1.48 bits per heavy atom. The van der Waals surface area contributed by atoms with Crippen molar-refractivity contribution in [2.24, 2.45) is 0 Å². The zero-order valence-electron chi connectivity index (χ0n) is 11.7. The van der Waals surface area contributed by atoms with Crippen LogP contribution in [0.5, 0.6) is 0 Å². The molecule has 2 aromatic heterocycles. The van der Waals surface area contributed by atoms with Gasteiger partial charge in [0.15, 0.2) is 0 Å². The van der Waals surface area contributed by atoms with Gasteiger partial charge in [-0.15, -0.1) is 0 Å². The number of aromatic carboxylic acids is 1. The van der Waals surface area contributed by atoms with Gasteiger partial charge in [-0.3, -0.25) is 9.80 Å². The smallest absolute Gasteiger partial charge is 0.341 e. The van der Waals surface area contributed by atoms with E-state index in [1.165, 1.54) is 6.20 Å². The number of rotatable bonds is 3. The average molecular weight is 288 g/mol. The number of pyridine rings is 2. The summed E-state index contributed by atoms with van der Waals surface area (Å²) in [6.45, 7) is 4.19. The van der Waals surface area contributed by atoms with E-state index < -0.39 is 11.4 Å².